The van der Waals surface area contributed by atoms with E-state index < -0.39 is 17.1 Å². The molecule has 0 spiro atoms. The molecule has 0 aliphatic rings. The molecule has 0 bridgehead atoms. The summed E-state index contributed by atoms with van der Waals surface area (Å²) >= 11 is 2.54. The van der Waals surface area contributed by atoms with Gasteiger partial charge in [-0.15, -0.1) is 23.1 Å². The van der Waals surface area contributed by atoms with Crippen molar-refractivity contribution < 1.29 is 23.9 Å². The molecule has 1 aromatic heterocycles. The van der Waals surface area contributed by atoms with Gasteiger partial charge in [-0.25, -0.2) is 4.98 Å². The van der Waals surface area contributed by atoms with Crippen LogP contribution in [-0.2, 0) is 25.5 Å². The summed E-state index contributed by atoms with van der Waals surface area (Å²) in [6, 6.07) is 42.9. The number of ether oxygens (including phenoxy) is 1. The maximum Gasteiger partial charge on any atom is 0.311 e. The van der Waals surface area contributed by atoms with Crippen LogP contribution in [0.1, 0.15) is 39.4 Å². The predicted octanol–water partition coefficient (Wildman–Crippen LogP) is 8.80. The number of thiazole rings is 1. The Balaban J connectivity index is 1.20. The number of aromatic nitrogens is 1. The zero-order chi connectivity index (χ0) is 37.7. The van der Waals surface area contributed by atoms with Crippen LogP contribution < -0.4 is 16.0 Å². The third-order valence-electron chi connectivity index (χ3n) is 7.96. The molecule has 3 N–H and O–H groups in total. The Morgan fingerprint density at radius 3 is 2.15 bits per heavy atom. The molecule has 0 aliphatic heterocycles. The normalized spacial score (nSPS) is 11.6. The molecule has 0 saturated carbocycles. The van der Waals surface area contributed by atoms with Crippen molar-refractivity contribution in [3.05, 3.63) is 173 Å². The molecule has 54 heavy (non-hydrogen) atoms. The number of hydrogen-bond acceptors (Lipinski definition) is 8. The minimum absolute atomic E-state index is 0.0168. The molecule has 1 atom stereocenters. The van der Waals surface area contributed by atoms with Gasteiger partial charge in [-0.1, -0.05) is 109 Å². The molecule has 6 aromatic rings. The largest absolute Gasteiger partial charge is 0.466 e. The van der Waals surface area contributed by atoms with E-state index in [1.807, 2.05) is 97.1 Å². The van der Waals surface area contributed by atoms with Crippen LogP contribution >= 0.6 is 23.1 Å². The number of benzene rings is 5. The van der Waals surface area contributed by atoms with Crippen molar-refractivity contribution >= 4 is 63.7 Å². The molecule has 5 aromatic carbocycles. The van der Waals surface area contributed by atoms with Gasteiger partial charge < -0.3 is 20.7 Å². The molecule has 3 amide bonds. The standard InChI is InChI=1S/C43H36N4O5S2/c1-2-52-38(48)27-35-28-53-43(45-35)47-42(51)39(32-15-8-4-9-16-32)54-36-20-12-19-34(26-36)44-41(50)37(46-40(49)33-17-10-5-11-18-33)25-29-21-23-31(24-22-29)30-13-6-3-7-14-30/h3-26,28,39H,2,27H2,1H3,(H,44,50)(H,46,49)(H,45,47,51)/b37-25+. The lowest BCUT2D eigenvalue weighted by molar-refractivity contribution is -0.142. The third-order valence-corrected chi connectivity index (χ3v) is 10.0. The Morgan fingerprint density at radius 1 is 0.778 bits per heavy atom. The van der Waals surface area contributed by atoms with E-state index in [-0.39, 0.29) is 30.6 Å². The molecule has 1 unspecified atom stereocenters. The molecule has 1 heterocycles. The monoisotopic (exact) mass is 752 g/mol. The molecule has 6 rings (SSSR count). The lowest BCUT2D eigenvalue weighted by Crippen LogP contribution is -2.30. The fourth-order valence-electron chi connectivity index (χ4n) is 5.37. The number of carbonyl (C=O) groups excluding carboxylic acids is 4. The zero-order valence-corrected chi connectivity index (χ0v) is 30.9. The SMILES string of the molecule is CCOC(=O)Cc1csc(NC(=O)C(Sc2cccc(NC(=O)/C(=C\c3ccc(-c4ccccc4)cc3)NC(=O)c3ccccc3)c2)c2ccccc2)n1. The number of thioether (sulfide) groups is 1. The van der Waals surface area contributed by atoms with E-state index in [0.29, 0.717) is 27.0 Å². The zero-order valence-electron chi connectivity index (χ0n) is 29.2. The first-order valence-corrected chi connectivity index (χ1v) is 18.9. The average Bonchev–Trinajstić information content (AvgIpc) is 3.64. The van der Waals surface area contributed by atoms with Crippen LogP contribution in [0.15, 0.2) is 155 Å². The number of nitrogens with zero attached hydrogens (tertiary/aromatic N) is 1. The van der Waals surface area contributed by atoms with Crippen molar-refractivity contribution in [2.45, 2.75) is 23.5 Å². The second-order valence-corrected chi connectivity index (χ2v) is 13.9. The molecule has 9 nitrogen and oxygen atoms in total. The number of amides is 3. The molecule has 0 fully saturated rings. The summed E-state index contributed by atoms with van der Waals surface area (Å²) in [6.45, 7) is 2.02. The summed E-state index contributed by atoms with van der Waals surface area (Å²) in [7, 11) is 0. The van der Waals surface area contributed by atoms with Crippen molar-refractivity contribution in [2.75, 3.05) is 17.2 Å². The molecule has 0 radical (unpaired) electrons. The van der Waals surface area contributed by atoms with Gasteiger partial charge in [0.25, 0.3) is 11.8 Å². The van der Waals surface area contributed by atoms with E-state index >= 15 is 0 Å². The maximum atomic E-state index is 13.8. The van der Waals surface area contributed by atoms with Gasteiger partial charge in [-0.3, -0.25) is 19.2 Å². The topological polar surface area (TPSA) is 126 Å². The first-order chi connectivity index (χ1) is 26.3. The highest BCUT2D eigenvalue weighted by molar-refractivity contribution is 8.00. The highest BCUT2D eigenvalue weighted by Gasteiger charge is 2.24. The Labute approximate surface area is 321 Å². The highest BCUT2D eigenvalue weighted by Crippen LogP contribution is 2.37. The van der Waals surface area contributed by atoms with Crippen LogP contribution in [0.25, 0.3) is 17.2 Å². The number of hydrogen-bond donors (Lipinski definition) is 3. The molecular weight excluding hydrogens is 717 g/mol. The summed E-state index contributed by atoms with van der Waals surface area (Å²) in [6.07, 6.45) is 1.65. The fourth-order valence-corrected chi connectivity index (χ4v) is 7.17. The van der Waals surface area contributed by atoms with E-state index in [4.69, 9.17) is 4.74 Å². The van der Waals surface area contributed by atoms with Crippen molar-refractivity contribution in [1.29, 1.82) is 0 Å². The number of nitrogens with one attached hydrogen (secondary N) is 3. The Kier molecular flexibility index (Phi) is 12.8. The van der Waals surface area contributed by atoms with E-state index in [9.17, 15) is 19.2 Å². The lowest BCUT2D eigenvalue weighted by atomic mass is 10.0. The van der Waals surface area contributed by atoms with E-state index in [2.05, 4.69) is 20.9 Å². The number of carbonyl (C=O) groups is 4. The third kappa shape index (κ3) is 10.4. The predicted molar refractivity (Wildman–Crippen MR) is 215 cm³/mol. The molecule has 0 aliphatic carbocycles. The quantitative estimate of drug-likeness (QED) is 0.0577. The van der Waals surface area contributed by atoms with Gasteiger partial charge >= 0.3 is 5.97 Å². The second kappa shape index (κ2) is 18.5. The van der Waals surface area contributed by atoms with Crippen LogP contribution in [0.3, 0.4) is 0 Å². The van der Waals surface area contributed by atoms with Crippen LogP contribution in [0.4, 0.5) is 10.8 Å². The molecular formula is C43H36N4O5S2. The summed E-state index contributed by atoms with van der Waals surface area (Å²) in [5, 5.41) is 10.0. The smallest absolute Gasteiger partial charge is 0.311 e. The minimum Gasteiger partial charge on any atom is -0.466 e. The van der Waals surface area contributed by atoms with Gasteiger partial charge in [0, 0.05) is 21.5 Å². The van der Waals surface area contributed by atoms with Crippen LogP contribution in [0, 0.1) is 0 Å². The summed E-state index contributed by atoms with van der Waals surface area (Å²) < 4.78 is 5.01. The number of anilines is 2. The van der Waals surface area contributed by atoms with Crippen molar-refractivity contribution in [1.82, 2.24) is 10.3 Å². The summed E-state index contributed by atoms with van der Waals surface area (Å²) in [5.74, 6) is -1.63. The fraction of sp³-hybridized carbons (Fsp3) is 0.0930. The van der Waals surface area contributed by atoms with Crippen LogP contribution in [0.5, 0.6) is 0 Å². The van der Waals surface area contributed by atoms with Gasteiger partial charge in [0.2, 0.25) is 5.91 Å². The number of esters is 1. The van der Waals surface area contributed by atoms with Gasteiger partial charge in [-0.2, -0.15) is 0 Å². The Morgan fingerprint density at radius 2 is 1.44 bits per heavy atom. The average molecular weight is 753 g/mol. The maximum absolute atomic E-state index is 13.8. The Hall–Kier alpha value is -6.30. The Bertz CT molecular complexity index is 2240. The van der Waals surface area contributed by atoms with Gasteiger partial charge in [0.15, 0.2) is 5.13 Å². The van der Waals surface area contributed by atoms with E-state index in [1.165, 1.54) is 23.1 Å². The van der Waals surface area contributed by atoms with Gasteiger partial charge in [0.1, 0.15) is 10.9 Å². The van der Waals surface area contributed by atoms with Crippen molar-refractivity contribution in [2.24, 2.45) is 0 Å². The first-order valence-electron chi connectivity index (χ1n) is 17.1. The summed E-state index contributed by atoms with van der Waals surface area (Å²) in [5.41, 5.74) is 5.03. The minimum atomic E-state index is -0.672. The van der Waals surface area contributed by atoms with Crippen LogP contribution in [-0.4, -0.2) is 35.3 Å². The molecule has 11 heteroatoms. The highest BCUT2D eigenvalue weighted by atomic mass is 32.2. The molecule has 270 valence electrons. The first kappa shape index (κ1) is 37.5. The van der Waals surface area contributed by atoms with Gasteiger partial charge in [0.05, 0.1) is 18.7 Å². The van der Waals surface area contributed by atoms with Crippen molar-refractivity contribution in [3.8, 4) is 11.1 Å². The van der Waals surface area contributed by atoms with Crippen molar-refractivity contribution in [3.63, 3.8) is 0 Å². The molecule has 0 saturated heterocycles. The second-order valence-electron chi connectivity index (χ2n) is 11.9. The van der Waals surface area contributed by atoms with Gasteiger partial charge in [-0.05, 0) is 65.6 Å². The van der Waals surface area contributed by atoms with Crippen LogP contribution in [0.2, 0.25) is 0 Å². The van der Waals surface area contributed by atoms with E-state index in [1.54, 1.807) is 60.8 Å². The summed E-state index contributed by atoms with van der Waals surface area (Å²) in [4.78, 5) is 57.8. The van der Waals surface area contributed by atoms with E-state index in [0.717, 1.165) is 22.3 Å². The lowest BCUT2D eigenvalue weighted by Gasteiger charge is -2.17. The number of rotatable bonds is 14.